The number of nitrogens with zero attached hydrogens (tertiary/aromatic N) is 2. The van der Waals surface area contributed by atoms with Crippen LogP contribution in [-0.2, 0) is 20.1 Å². The predicted molar refractivity (Wildman–Crippen MR) is 79.7 cm³/mol. The molecular weight excluding hydrogens is 330 g/mol. The molecule has 2 aromatic rings. The van der Waals surface area contributed by atoms with Gasteiger partial charge in [-0.2, -0.15) is 0 Å². The molecule has 102 valence electrons. The van der Waals surface area contributed by atoms with E-state index < -0.39 is 0 Å². The molecule has 0 saturated heterocycles. The summed E-state index contributed by atoms with van der Waals surface area (Å²) < 4.78 is 3.71. The minimum Gasteiger partial charge on any atom is -0.310 e. The molecule has 0 amide bonds. The van der Waals surface area contributed by atoms with Crippen LogP contribution < -0.4 is 16.6 Å². The zero-order chi connectivity index (χ0) is 13.8. The fourth-order valence-electron chi connectivity index (χ4n) is 1.67. The molecule has 7 heteroatoms. The average molecular weight is 344 g/mol. The van der Waals surface area contributed by atoms with Crippen molar-refractivity contribution in [3.8, 4) is 0 Å². The molecule has 2 rings (SSSR count). The van der Waals surface area contributed by atoms with Crippen LogP contribution in [0.25, 0.3) is 0 Å². The van der Waals surface area contributed by atoms with Crippen molar-refractivity contribution in [3.63, 3.8) is 0 Å². The highest BCUT2D eigenvalue weighted by atomic mass is 79.9. The molecule has 0 aliphatic heterocycles. The number of nitrogens with one attached hydrogen (secondary N) is 1. The highest BCUT2D eigenvalue weighted by molar-refractivity contribution is 9.10. The molecule has 0 radical (unpaired) electrons. The number of rotatable bonds is 5. The van der Waals surface area contributed by atoms with Crippen LogP contribution >= 0.6 is 27.3 Å². The number of aryl methyl sites for hydroxylation is 1. The molecule has 0 atom stereocenters. The summed E-state index contributed by atoms with van der Waals surface area (Å²) in [6.07, 6.45) is 1.48. The van der Waals surface area contributed by atoms with Gasteiger partial charge in [-0.25, -0.2) is 4.79 Å². The number of halogens is 1. The first-order valence-electron chi connectivity index (χ1n) is 5.78. The molecule has 5 nitrogen and oxygen atoms in total. The van der Waals surface area contributed by atoms with Crippen LogP contribution in [0.2, 0.25) is 0 Å². The monoisotopic (exact) mass is 343 g/mol. The van der Waals surface area contributed by atoms with E-state index in [0.29, 0.717) is 13.1 Å². The third-order valence-electron chi connectivity index (χ3n) is 2.67. The van der Waals surface area contributed by atoms with E-state index in [4.69, 9.17) is 0 Å². The maximum atomic E-state index is 11.8. The van der Waals surface area contributed by atoms with Crippen LogP contribution in [0.5, 0.6) is 0 Å². The van der Waals surface area contributed by atoms with Crippen molar-refractivity contribution in [2.45, 2.75) is 13.1 Å². The minimum absolute atomic E-state index is 0.260. The van der Waals surface area contributed by atoms with Gasteiger partial charge in [0.15, 0.2) is 0 Å². The summed E-state index contributed by atoms with van der Waals surface area (Å²) in [5, 5.41) is 5.24. The fraction of sp³-hybridized carbons (Fsp3) is 0.333. The smallest absolute Gasteiger partial charge is 0.310 e. The Labute approximate surface area is 122 Å². The third-order valence-corrected chi connectivity index (χ3v) is 4.37. The van der Waals surface area contributed by atoms with Gasteiger partial charge < -0.3 is 9.88 Å². The lowest BCUT2D eigenvalue weighted by Crippen LogP contribution is -2.40. The summed E-state index contributed by atoms with van der Waals surface area (Å²) in [6, 6.07) is 3.45. The van der Waals surface area contributed by atoms with Gasteiger partial charge in [-0.1, -0.05) is 0 Å². The molecular formula is C12H14BrN3O2S. The number of hydrogen-bond acceptors (Lipinski definition) is 4. The van der Waals surface area contributed by atoms with Gasteiger partial charge in [0.2, 0.25) is 0 Å². The Morgan fingerprint density at radius 2 is 2.21 bits per heavy atom. The van der Waals surface area contributed by atoms with E-state index in [2.05, 4.69) is 21.2 Å². The maximum absolute atomic E-state index is 11.8. The Morgan fingerprint density at radius 3 is 2.89 bits per heavy atom. The standard InChI is InChI=1S/C12H14BrN3O2S/c1-15-4-2-11(17)16(12(15)18)5-3-14-7-10-6-9(13)8-19-10/h2,4,6,8,14H,3,5,7H2,1H3. The molecule has 2 heterocycles. The summed E-state index contributed by atoms with van der Waals surface area (Å²) in [4.78, 5) is 24.5. The summed E-state index contributed by atoms with van der Waals surface area (Å²) in [7, 11) is 1.63. The second kappa shape index (κ2) is 6.31. The second-order valence-electron chi connectivity index (χ2n) is 4.11. The highest BCUT2D eigenvalue weighted by Gasteiger charge is 2.02. The van der Waals surface area contributed by atoms with Crippen molar-refractivity contribution < 1.29 is 0 Å². The second-order valence-corrected chi connectivity index (χ2v) is 6.02. The van der Waals surface area contributed by atoms with Gasteiger partial charge in [0.1, 0.15) is 0 Å². The Morgan fingerprint density at radius 1 is 1.42 bits per heavy atom. The quantitative estimate of drug-likeness (QED) is 0.829. The van der Waals surface area contributed by atoms with E-state index in [-0.39, 0.29) is 11.2 Å². The van der Waals surface area contributed by atoms with Crippen LogP contribution in [0.1, 0.15) is 4.88 Å². The summed E-state index contributed by atoms with van der Waals surface area (Å²) in [6.45, 7) is 1.69. The number of thiophene rings is 1. The summed E-state index contributed by atoms with van der Waals surface area (Å²) in [5.74, 6) is 0. The Bertz CT molecular complexity index is 674. The molecule has 0 aliphatic carbocycles. The van der Waals surface area contributed by atoms with Gasteiger partial charge in [-0.05, 0) is 22.0 Å². The van der Waals surface area contributed by atoms with Crippen LogP contribution in [0.15, 0.2) is 37.8 Å². The van der Waals surface area contributed by atoms with Crippen LogP contribution in [-0.4, -0.2) is 15.7 Å². The fourth-order valence-corrected chi connectivity index (χ4v) is 3.09. The zero-order valence-corrected chi connectivity index (χ0v) is 12.8. The van der Waals surface area contributed by atoms with Crippen molar-refractivity contribution in [2.75, 3.05) is 6.54 Å². The van der Waals surface area contributed by atoms with Crippen LogP contribution in [0, 0.1) is 0 Å². The van der Waals surface area contributed by atoms with Crippen LogP contribution in [0.4, 0.5) is 0 Å². The van der Waals surface area contributed by atoms with E-state index >= 15 is 0 Å². The van der Waals surface area contributed by atoms with Crippen molar-refractivity contribution in [1.82, 2.24) is 14.5 Å². The average Bonchev–Trinajstić information content (AvgIpc) is 2.79. The van der Waals surface area contributed by atoms with E-state index in [1.165, 1.54) is 26.3 Å². The third kappa shape index (κ3) is 3.65. The van der Waals surface area contributed by atoms with E-state index in [9.17, 15) is 9.59 Å². The molecule has 0 spiro atoms. The first-order chi connectivity index (χ1) is 9.08. The van der Waals surface area contributed by atoms with Crippen LogP contribution in [0.3, 0.4) is 0 Å². The lowest BCUT2D eigenvalue weighted by atomic mass is 10.4. The predicted octanol–water partition coefficient (Wildman–Crippen LogP) is 1.16. The Balaban J connectivity index is 1.91. The largest absolute Gasteiger partial charge is 0.330 e. The van der Waals surface area contributed by atoms with Gasteiger partial charge in [0.05, 0.1) is 0 Å². The maximum Gasteiger partial charge on any atom is 0.330 e. The molecule has 0 aromatic carbocycles. The molecule has 2 aromatic heterocycles. The zero-order valence-electron chi connectivity index (χ0n) is 10.4. The van der Waals surface area contributed by atoms with Gasteiger partial charge >= 0.3 is 5.69 Å². The van der Waals surface area contributed by atoms with Gasteiger partial charge in [-0.15, -0.1) is 11.3 Å². The van der Waals surface area contributed by atoms with Gasteiger partial charge in [-0.3, -0.25) is 9.36 Å². The van der Waals surface area contributed by atoms with Crippen molar-refractivity contribution in [3.05, 3.63) is 53.9 Å². The SMILES string of the molecule is Cn1ccc(=O)n(CCNCc2cc(Br)cs2)c1=O. The molecule has 0 aliphatic rings. The van der Waals surface area contributed by atoms with E-state index in [1.807, 2.05) is 11.4 Å². The minimum atomic E-state index is -0.284. The lowest BCUT2D eigenvalue weighted by Gasteiger charge is -2.07. The van der Waals surface area contributed by atoms with Crippen molar-refractivity contribution >= 4 is 27.3 Å². The van der Waals surface area contributed by atoms with Crippen molar-refractivity contribution in [1.29, 1.82) is 0 Å². The normalized spacial score (nSPS) is 10.8. The van der Waals surface area contributed by atoms with E-state index in [0.717, 1.165) is 11.0 Å². The lowest BCUT2D eigenvalue weighted by molar-refractivity contribution is 0.546. The molecule has 0 unspecified atom stereocenters. The Hall–Kier alpha value is -1.18. The molecule has 0 bridgehead atoms. The first-order valence-corrected chi connectivity index (χ1v) is 7.45. The number of aromatic nitrogens is 2. The first kappa shape index (κ1) is 14.2. The topological polar surface area (TPSA) is 56.0 Å². The van der Waals surface area contributed by atoms with Crippen molar-refractivity contribution in [2.24, 2.45) is 7.05 Å². The van der Waals surface area contributed by atoms with Gasteiger partial charge in [0, 0.05) is 53.7 Å². The summed E-state index contributed by atoms with van der Waals surface area (Å²) >= 11 is 5.06. The molecule has 19 heavy (non-hydrogen) atoms. The van der Waals surface area contributed by atoms with Gasteiger partial charge in [0.25, 0.3) is 5.56 Å². The van der Waals surface area contributed by atoms with E-state index in [1.54, 1.807) is 18.4 Å². The highest BCUT2D eigenvalue weighted by Crippen LogP contribution is 2.19. The molecule has 0 fully saturated rings. The Kier molecular flexibility index (Phi) is 4.73. The number of hydrogen-bond donors (Lipinski definition) is 1. The summed E-state index contributed by atoms with van der Waals surface area (Å²) in [5.41, 5.74) is -0.545. The molecule has 1 N–H and O–H groups in total. The molecule has 0 saturated carbocycles.